The van der Waals surface area contributed by atoms with E-state index in [1.165, 1.54) is 50.7 Å². The summed E-state index contributed by atoms with van der Waals surface area (Å²) in [6, 6.07) is 6.28. The van der Waals surface area contributed by atoms with E-state index in [1.54, 1.807) is 12.1 Å². The van der Waals surface area contributed by atoms with Gasteiger partial charge in [-0.05, 0) is 30.5 Å². The fourth-order valence-corrected chi connectivity index (χ4v) is 2.58. The summed E-state index contributed by atoms with van der Waals surface area (Å²) in [6.07, 6.45) is 9.79. The third-order valence-corrected chi connectivity index (χ3v) is 4.13. The first kappa shape index (κ1) is 19.7. The number of aryl methyl sites for hydroxylation is 1. The zero-order chi connectivity index (χ0) is 14.1. The standard InChI is InChI=1S/C15H24O3S.Li/c1-2-3-4-5-6-7-8-9-14-10-12-15(13-11-14)19(16,17)18;/h10-13H,2-9H2,1H3,(H,16,17,18);/q;+1/p-1. The van der Waals surface area contributed by atoms with Gasteiger partial charge >= 0.3 is 18.9 Å². The van der Waals surface area contributed by atoms with Crippen molar-refractivity contribution in [2.24, 2.45) is 0 Å². The smallest absolute Gasteiger partial charge is 0.744 e. The summed E-state index contributed by atoms with van der Waals surface area (Å²) in [7, 11) is -4.31. The van der Waals surface area contributed by atoms with Gasteiger partial charge in [0.2, 0.25) is 0 Å². The maximum Gasteiger partial charge on any atom is 1.00 e. The van der Waals surface area contributed by atoms with Crippen LogP contribution in [0.15, 0.2) is 29.2 Å². The summed E-state index contributed by atoms with van der Waals surface area (Å²) in [5.41, 5.74) is 1.10. The Morgan fingerprint density at radius 1 is 0.900 bits per heavy atom. The second kappa shape index (κ2) is 10.5. The van der Waals surface area contributed by atoms with Gasteiger partial charge in [-0.2, -0.15) is 0 Å². The molecule has 0 radical (unpaired) electrons. The predicted molar refractivity (Wildman–Crippen MR) is 76.1 cm³/mol. The summed E-state index contributed by atoms with van der Waals surface area (Å²) in [4.78, 5) is -0.143. The Hall–Kier alpha value is -0.273. The van der Waals surface area contributed by atoms with E-state index in [-0.39, 0.29) is 23.8 Å². The monoisotopic (exact) mass is 290 g/mol. The normalized spacial score (nSPS) is 11.1. The first-order valence-electron chi connectivity index (χ1n) is 7.09. The van der Waals surface area contributed by atoms with Crippen molar-refractivity contribution in [2.75, 3.05) is 0 Å². The van der Waals surface area contributed by atoms with Crippen LogP contribution in [0, 0.1) is 0 Å². The number of benzene rings is 1. The quantitative estimate of drug-likeness (QED) is 0.385. The van der Waals surface area contributed by atoms with Crippen molar-refractivity contribution in [2.45, 2.75) is 63.2 Å². The van der Waals surface area contributed by atoms with Crippen LogP contribution >= 0.6 is 0 Å². The fourth-order valence-electron chi connectivity index (χ4n) is 2.11. The fraction of sp³-hybridized carbons (Fsp3) is 0.600. The van der Waals surface area contributed by atoms with Crippen molar-refractivity contribution in [3.05, 3.63) is 29.8 Å². The molecule has 0 aromatic heterocycles. The molecule has 0 amide bonds. The SMILES string of the molecule is CCCCCCCCCc1ccc(S(=O)(=O)[O-])cc1.[Li+]. The van der Waals surface area contributed by atoms with Crippen molar-refractivity contribution in [3.8, 4) is 0 Å². The minimum Gasteiger partial charge on any atom is -0.744 e. The van der Waals surface area contributed by atoms with Gasteiger partial charge in [0.25, 0.3) is 0 Å². The maximum absolute atomic E-state index is 10.8. The van der Waals surface area contributed by atoms with Gasteiger partial charge in [-0.1, -0.05) is 57.6 Å². The molecule has 0 heterocycles. The summed E-state index contributed by atoms with van der Waals surface area (Å²) in [6.45, 7) is 2.21. The molecule has 108 valence electrons. The largest absolute Gasteiger partial charge is 1.00 e. The molecule has 0 bridgehead atoms. The minimum absolute atomic E-state index is 0. The third kappa shape index (κ3) is 8.11. The molecule has 0 unspecified atom stereocenters. The van der Waals surface area contributed by atoms with Crippen LogP contribution in [0.1, 0.15) is 57.4 Å². The zero-order valence-electron chi connectivity index (χ0n) is 12.6. The molecule has 0 fully saturated rings. The van der Waals surface area contributed by atoms with Crippen LogP contribution in [0.4, 0.5) is 0 Å². The molecule has 0 saturated heterocycles. The average molecular weight is 290 g/mol. The Balaban J connectivity index is 0.00000361. The molecule has 20 heavy (non-hydrogen) atoms. The van der Waals surface area contributed by atoms with E-state index in [2.05, 4.69) is 6.92 Å². The first-order chi connectivity index (χ1) is 9.04. The summed E-state index contributed by atoms with van der Waals surface area (Å²) in [5.74, 6) is 0. The van der Waals surface area contributed by atoms with E-state index in [4.69, 9.17) is 0 Å². The van der Waals surface area contributed by atoms with E-state index in [1.807, 2.05) is 0 Å². The van der Waals surface area contributed by atoms with Crippen molar-refractivity contribution >= 4 is 10.1 Å². The van der Waals surface area contributed by atoms with Gasteiger partial charge < -0.3 is 4.55 Å². The molecule has 0 N–H and O–H groups in total. The minimum atomic E-state index is -4.31. The van der Waals surface area contributed by atoms with Gasteiger partial charge in [-0.15, -0.1) is 0 Å². The molecule has 0 spiro atoms. The number of hydrogen-bond acceptors (Lipinski definition) is 3. The molecule has 1 aromatic rings. The molecule has 1 aromatic carbocycles. The molecule has 5 heteroatoms. The molecule has 1 rings (SSSR count). The van der Waals surface area contributed by atoms with E-state index in [9.17, 15) is 13.0 Å². The maximum atomic E-state index is 10.8. The van der Waals surface area contributed by atoms with Crippen LogP contribution in [0.3, 0.4) is 0 Å². The van der Waals surface area contributed by atoms with Crippen LogP contribution in [0.25, 0.3) is 0 Å². The van der Waals surface area contributed by atoms with E-state index in [0.29, 0.717) is 0 Å². The van der Waals surface area contributed by atoms with Gasteiger partial charge in [0.05, 0.1) is 4.90 Å². The Morgan fingerprint density at radius 2 is 1.40 bits per heavy atom. The van der Waals surface area contributed by atoms with Crippen LogP contribution in [0.2, 0.25) is 0 Å². The van der Waals surface area contributed by atoms with Crippen molar-refractivity contribution < 1.29 is 31.8 Å². The molecular formula is C15H23LiO3S. The van der Waals surface area contributed by atoms with E-state index in [0.717, 1.165) is 18.4 Å². The predicted octanol–water partition coefficient (Wildman–Crippen LogP) is 0.888. The summed E-state index contributed by atoms with van der Waals surface area (Å²) < 4.78 is 32.3. The number of hydrogen-bond donors (Lipinski definition) is 0. The Bertz CT molecular complexity index is 455. The molecule has 3 nitrogen and oxygen atoms in total. The first-order valence-corrected chi connectivity index (χ1v) is 8.49. The van der Waals surface area contributed by atoms with Gasteiger partial charge in [0, 0.05) is 0 Å². The Kier molecular flexibility index (Phi) is 10.3. The van der Waals surface area contributed by atoms with Crippen molar-refractivity contribution in [1.29, 1.82) is 0 Å². The van der Waals surface area contributed by atoms with Gasteiger partial charge in [-0.25, -0.2) is 8.42 Å². The molecule has 0 aliphatic rings. The van der Waals surface area contributed by atoms with Crippen LogP contribution in [-0.4, -0.2) is 13.0 Å². The van der Waals surface area contributed by atoms with E-state index >= 15 is 0 Å². The molecule has 0 atom stereocenters. The Labute approximate surface area is 135 Å². The van der Waals surface area contributed by atoms with Crippen LogP contribution < -0.4 is 18.9 Å². The Morgan fingerprint density at radius 3 is 1.90 bits per heavy atom. The van der Waals surface area contributed by atoms with Gasteiger partial charge in [0.1, 0.15) is 10.1 Å². The van der Waals surface area contributed by atoms with E-state index < -0.39 is 10.1 Å². The van der Waals surface area contributed by atoms with Crippen molar-refractivity contribution in [3.63, 3.8) is 0 Å². The second-order valence-electron chi connectivity index (χ2n) is 4.97. The molecule has 0 aliphatic carbocycles. The number of rotatable bonds is 9. The molecule has 0 aliphatic heterocycles. The third-order valence-electron chi connectivity index (χ3n) is 3.28. The van der Waals surface area contributed by atoms with Gasteiger partial charge in [0.15, 0.2) is 0 Å². The molecule has 0 saturated carbocycles. The average Bonchev–Trinajstić information content (AvgIpc) is 2.37. The number of unbranched alkanes of at least 4 members (excludes halogenated alkanes) is 6. The van der Waals surface area contributed by atoms with Crippen molar-refractivity contribution in [1.82, 2.24) is 0 Å². The topological polar surface area (TPSA) is 57.2 Å². The van der Waals surface area contributed by atoms with Crippen LogP contribution in [0.5, 0.6) is 0 Å². The second-order valence-corrected chi connectivity index (χ2v) is 6.35. The summed E-state index contributed by atoms with van der Waals surface area (Å²) in [5, 5.41) is 0. The van der Waals surface area contributed by atoms with Gasteiger partial charge in [-0.3, -0.25) is 0 Å². The zero-order valence-corrected chi connectivity index (χ0v) is 13.4. The van der Waals surface area contributed by atoms with Crippen LogP contribution in [-0.2, 0) is 16.5 Å². The molecular weight excluding hydrogens is 267 g/mol. The summed E-state index contributed by atoms with van der Waals surface area (Å²) >= 11 is 0.